The van der Waals surface area contributed by atoms with E-state index in [9.17, 15) is 5.11 Å². The Balaban J connectivity index is 1.62. The molecule has 0 bridgehead atoms. The highest BCUT2D eigenvalue weighted by Crippen LogP contribution is 2.35. The standard InChI is InChI=1S/C24H23ClN2O2/c1-29-22-11-10-21-23(24(22)25)18(15-26-21)12-13-27(16-17-6-3-2-4-7-17)19-8-5-9-20(28)14-19/h2-11,14-15,26,28H,12-13,16H2,1H3. The Bertz CT molecular complexity index is 1110. The average Bonchev–Trinajstić information content (AvgIpc) is 3.16. The predicted molar refractivity (Wildman–Crippen MR) is 119 cm³/mol. The van der Waals surface area contributed by atoms with Crippen LogP contribution in [0.15, 0.2) is 72.9 Å². The van der Waals surface area contributed by atoms with Gasteiger partial charge in [0.15, 0.2) is 0 Å². The number of aromatic hydroxyl groups is 1. The van der Waals surface area contributed by atoms with E-state index in [-0.39, 0.29) is 5.75 Å². The number of phenols is 1. The molecule has 0 aliphatic heterocycles. The normalized spacial score (nSPS) is 11.0. The predicted octanol–water partition coefficient (Wildman–Crippen LogP) is 5.78. The molecule has 29 heavy (non-hydrogen) atoms. The molecule has 1 heterocycles. The first-order chi connectivity index (χ1) is 14.2. The minimum atomic E-state index is 0.264. The molecule has 4 rings (SSSR count). The fourth-order valence-electron chi connectivity index (χ4n) is 3.63. The van der Waals surface area contributed by atoms with Gasteiger partial charge in [-0.25, -0.2) is 0 Å². The summed E-state index contributed by atoms with van der Waals surface area (Å²) in [5, 5.41) is 11.6. The number of aromatic nitrogens is 1. The molecule has 0 radical (unpaired) electrons. The van der Waals surface area contributed by atoms with Gasteiger partial charge in [-0.2, -0.15) is 0 Å². The smallest absolute Gasteiger partial charge is 0.138 e. The molecule has 1 aromatic heterocycles. The third kappa shape index (κ3) is 4.17. The molecular formula is C24H23ClN2O2. The zero-order chi connectivity index (χ0) is 20.2. The highest BCUT2D eigenvalue weighted by Gasteiger charge is 2.14. The van der Waals surface area contributed by atoms with Crippen LogP contribution in [0.4, 0.5) is 5.69 Å². The Hall–Kier alpha value is -3.11. The summed E-state index contributed by atoms with van der Waals surface area (Å²) in [5.41, 5.74) is 4.34. The zero-order valence-corrected chi connectivity index (χ0v) is 17.0. The number of H-pyrrole nitrogens is 1. The number of rotatable bonds is 7. The van der Waals surface area contributed by atoms with Crippen molar-refractivity contribution in [3.05, 3.63) is 89.1 Å². The Labute approximate surface area is 175 Å². The lowest BCUT2D eigenvalue weighted by atomic mass is 10.1. The number of methoxy groups -OCH3 is 1. The van der Waals surface area contributed by atoms with E-state index in [1.165, 1.54) is 5.56 Å². The maximum atomic E-state index is 9.95. The first-order valence-corrected chi connectivity index (χ1v) is 9.94. The van der Waals surface area contributed by atoms with Crippen LogP contribution in [0.5, 0.6) is 11.5 Å². The van der Waals surface area contributed by atoms with E-state index in [4.69, 9.17) is 16.3 Å². The van der Waals surface area contributed by atoms with Crippen LogP contribution in [0.1, 0.15) is 11.1 Å². The van der Waals surface area contributed by atoms with Crippen LogP contribution >= 0.6 is 11.6 Å². The summed E-state index contributed by atoms with van der Waals surface area (Å²) in [4.78, 5) is 5.57. The molecule has 4 nitrogen and oxygen atoms in total. The second-order valence-electron chi connectivity index (χ2n) is 7.00. The molecule has 4 aromatic rings. The number of nitrogens with one attached hydrogen (secondary N) is 1. The van der Waals surface area contributed by atoms with E-state index in [0.29, 0.717) is 10.8 Å². The second-order valence-corrected chi connectivity index (χ2v) is 7.37. The first kappa shape index (κ1) is 19.2. The topological polar surface area (TPSA) is 48.5 Å². The SMILES string of the molecule is COc1ccc2[nH]cc(CCN(Cc3ccccc3)c3cccc(O)c3)c2c1Cl. The molecule has 0 saturated heterocycles. The van der Waals surface area contributed by atoms with Crippen LogP contribution in [-0.2, 0) is 13.0 Å². The maximum Gasteiger partial charge on any atom is 0.138 e. The van der Waals surface area contributed by atoms with Gasteiger partial charge in [0.1, 0.15) is 11.5 Å². The number of benzene rings is 3. The number of hydrogen-bond donors (Lipinski definition) is 2. The number of phenolic OH excluding ortho intramolecular Hbond substituents is 1. The molecule has 0 unspecified atom stereocenters. The lowest BCUT2D eigenvalue weighted by Crippen LogP contribution is -2.25. The lowest BCUT2D eigenvalue weighted by molar-refractivity contribution is 0.415. The number of fused-ring (bicyclic) bond motifs is 1. The van der Waals surface area contributed by atoms with Gasteiger partial charge in [0.05, 0.1) is 12.1 Å². The summed E-state index contributed by atoms with van der Waals surface area (Å²) in [6.45, 7) is 1.53. The van der Waals surface area contributed by atoms with Crippen LogP contribution < -0.4 is 9.64 Å². The quantitative estimate of drug-likeness (QED) is 0.408. The van der Waals surface area contributed by atoms with Gasteiger partial charge in [-0.1, -0.05) is 48.0 Å². The largest absolute Gasteiger partial charge is 0.508 e. The summed E-state index contributed by atoms with van der Waals surface area (Å²) in [6.07, 6.45) is 2.81. The molecule has 0 aliphatic carbocycles. The summed E-state index contributed by atoms with van der Waals surface area (Å²) < 4.78 is 5.38. The molecule has 0 atom stereocenters. The van der Waals surface area contributed by atoms with Gasteiger partial charge < -0.3 is 19.7 Å². The Morgan fingerprint density at radius 3 is 2.62 bits per heavy atom. The minimum Gasteiger partial charge on any atom is -0.508 e. The van der Waals surface area contributed by atoms with Crippen molar-refractivity contribution in [1.29, 1.82) is 0 Å². The Morgan fingerprint density at radius 1 is 1.03 bits per heavy atom. The monoisotopic (exact) mass is 406 g/mol. The van der Waals surface area contributed by atoms with Crippen LogP contribution in [0, 0.1) is 0 Å². The van der Waals surface area contributed by atoms with E-state index in [0.717, 1.165) is 41.7 Å². The number of anilines is 1. The van der Waals surface area contributed by atoms with Gasteiger partial charge in [-0.15, -0.1) is 0 Å². The van der Waals surface area contributed by atoms with E-state index >= 15 is 0 Å². The van der Waals surface area contributed by atoms with Gasteiger partial charge >= 0.3 is 0 Å². The van der Waals surface area contributed by atoms with Crippen molar-refractivity contribution in [3.63, 3.8) is 0 Å². The number of aromatic amines is 1. The van der Waals surface area contributed by atoms with Gasteiger partial charge in [0, 0.05) is 41.9 Å². The molecule has 148 valence electrons. The van der Waals surface area contributed by atoms with Crippen molar-refractivity contribution in [3.8, 4) is 11.5 Å². The zero-order valence-electron chi connectivity index (χ0n) is 16.2. The summed E-state index contributed by atoms with van der Waals surface area (Å²) in [7, 11) is 1.63. The van der Waals surface area contributed by atoms with E-state index in [1.54, 1.807) is 19.2 Å². The third-order valence-electron chi connectivity index (χ3n) is 5.11. The minimum absolute atomic E-state index is 0.264. The molecule has 5 heteroatoms. The van der Waals surface area contributed by atoms with Crippen molar-refractivity contribution < 1.29 is 9.84 Å². The van der Waals surface area contributed by atoms with E-state index in [1.807, 2.05) is 48.7 Å². The number of halogens is 1. The van der Waals surface area contributed by atoms with Gasteiger partial charge in [0.25, 0.3) is 0 Å². The van der Waals surface area contributed by atoms with Crippen molar-refractivity contribution >= 4 is 28.2 Å². The van der Waals surface area contributed by atoms with Crippen LogP contribution in [0.25, 0.3) is 10.9 Å². The second kappa shape index (κ2) is 8.50. The number of nitrogens with zero attached hydrogens (tertiary/aromatic N) is 1. The Morgan fingerprint density at radius 2 is 1.86 bits per heavy atom. The fraction of sp³-hybridized carbons (Fsp3) is 0.167. The molecule has 2 N–H and O–H groups in total. The van der Waals surface area contributed by atoms with Gasteiger partial charge in [0.2, 0.25) is 0 Å². The lowest BCUT2D eigenvalue weighted by Gasteiger charge is -2.25. The number of hydrogen-bond acceptors (Lipinski definition) is 3. The summed E-state index contributed by atoms with van der Waals surface area (Å²) >= 11 is 6.58. The van der Waals surface area contributed by atoms with Crippen molar-refractivity contribution in [1.82, 2.24) is 4.98 Å². The highest BCUT2D eigenvalue weighted by atomic mass is 35.5. The molecule has 3 aromatic carbocycles. The van der Waals surface area contributed by atoms with Gasteiger partial charge in [-0.3, -0.25) is 0 Å². The Kier molecular flexibility index (Phi) is 5.63. The highest BCUT2D eigenvalue weighted by molar-refractivity contribution is 6.37. The van der Waals surface area contributed by atoms with Crippen molar-refractivity contribution in [2.45, 2.75) is 13.0 Å². The summed E-state index contributed by atoms with van der Waals surface area (Å²) in [5.74, 6) is 0.939. The third-order valence-corrected chi connectivity index (χ3v) is 5.49. The van der Waals surface area contributed by atoms with Crippen LogP contribution in [0.2, 0.25) is 5.02 Å². The fourth-order valence-corrected chi connectivity index (χ4v) is 3.99. The first-order valence-electron chi connectivity index (χ1n) is 9.56. The van der Waals surface area contributed by atoms with Crippen LogP contribution in [0.3, 0.4) is 0 Å². The number of ether oxygens (including phenoxy) is 1. The van der Waals surface area contributed by atoms with Crippen LogP contribution in [-0.4, -0.2) is 23.7 Å². The van der Waals surface area contributed by atoms with Crippen molar-refractivity contribution in [2.75, 3.05) is 18.6 Å². The molecular weight excluding hydrogens is 384 g/mol. The van der Waals surface area contributed by atoms with Crippen molar-refractivity contribution in [2.24, 2.45) is 0 Å². The maximum absolute atomic E-state index is 9.95. The van der Waals surface area contributed by atoms with Gasteiger partial charge in [-0.05, 0) is 41.8 Å². The van der Waals surface area contributed by atoms with E-state index in [2.05, 4.69) is 22.0 Å². The average molecular weight is 407 g/mol. The molecule has 0 amide bonds. The molecule has 0 saturated carbocycles. The molecule has 0 aliphatic rings. The summed E-state index contributed by atoms with van der Waals surface area (Å²) in [6, 6.07) is 21.6. The van der Waals surface area contributed by atoms with E-state index < -0.39 is 0 Å². The molecule has 0 spiro atoms. The molecule has 0 fully saturated rings.